The van der Waals surface area contributed by atoms with Crippen molar-refractivity contribution in [3.05, 3.63) is 11.1 Å². The molecule has 0 amide bonds. The highest BCUT2D eigenvalue weighted by Gasteiger charge is 2.27. The first-order chi connectivity index (χ1) is 4.38. The third-order valence-corrected chi connectivity index (χ3v) is 1.96. The van der Waals surface area contributed by atoms with Gasteiger partial charge in [-0.15, -0.1) is 0 Å². The maximum absolute atomic E-state index is 10.8. The summed E-state index contributed by atoms with van der Waals surface area (Å²) < 4.78 is 4.81. The van der Waals surface area contributed by atoms with E-state index in [1.54, 1.807) is 0 Å². The summed E-state index contributed by atoms with van der Waals surface area (Å²) in [5.41, 5.74) is 2.22. The highest BCUT2D eigenvalue weighted by Crippen LogP contribution is 2.31. The summed E-state index contributed by atoms with van der Waals surface area (Å²) in [5, 5.41) is 0. The van der Waals surface area contributed by atoms with Gasteiger partial charge in [-0.2, -0.15) is 0 Å². The fourth-order valence-corrected chi connectivity index (χ4v) is 1.45. The Labute approximate surface area is 53.5 Å². The molecular weight excluding hydrogens is 116 g/mol. The van der Waals surface area contributed by atoms with Crippen LogP contribution in [0.1, 0.15) is 19.3 Å². The smallest absolute Gasteiger partial charge is 0.334 e. The van der Waals surface area contributed by atoms with Crippen LogP contribution in [0.15, 0.2) is 11.1 Å². The topological polar surface area (TPSA) is 26.3 Å². The number of carbonyl (C=O) groups is 1. The molecule has 0 N–H and O–H groups in total. The molecule has 2 nitrogen and oxygen atoms in total. The molecule has 0 radical (unpaired) electrons. The molecule has 0 atom stereocenters. The lowest BCUT2D eigenvalue weighted by Crippen LogP contribution is -1.98. The normalized spacial score (nSPS) is 24.7. The van der Waals surface area contributed by atoms with Crippen LogP contribution in [0.5, 0.6) is 0 Å². The van der Waals surface area contributed by atoms with Crippen LogP contribution < -0.4 is 0 Å². The van der Waals surface area contributed by atoms with E-state index in [1.807, 2.05) is 0 Å². The molecule has 0 aromatic carbocycles. The SMILES string of the molecule is O=C1OCC2=C1CCC2. The van der Waals surface area contributed by atoms with Crippen molar-refractivity contribution in [3.8, 4) is 0 Å². The first-order valence-electron chi connectivity index (χ1n) is 3.26. The molecule has 2 aliphatic rings. The predicted molar refractivity (Wildman–Crippen MR) is 31.8 cm³/mol. The third kappa shape index (κ3) is 0.590. The van der Waals surface area contributed by atoms with Gasteiger partial charge in [0.25, 0.3) is 0 Å². The number of rotatable bonds is 0. The Morgan fingerprint density at radius 3 is 3.00 bits per heavy atom. The van der Waals surface area contributed by atoms with Crippen LogP contribution in [-0.4, -0.2) is 12.6 Å². The second kappa shape index (κ2) is 1.59. The van der Waals surface area contributed by atoms with E-state index >= 15 is 0 Å². The zero-order valence-electron chi connectivity index (χ0n) is 5.14. The summed E-state index contributed by atoms with van der Waals surface area (Å²) in [6.07, 6.45) is 3.19. The minimum absolute atomic E-state index is 0.0671. The van der Waals surface area contributed by atoms with Crippen molar-refractivity contribution in [1.29, 1.82) is 0 Å². The van der Waals surface area contributed by atoms with Crippen LogP contribution in [0.2, 0.25) is 0 Å². The fraction of sp³-hybridized carbons (Fsp3) is 0.571. The minimum atomic E-state index is -0.0671. The van der Waals surface area contributed by atoms with E-state index in [-0.39, 0.29) is 5.97 Å². The lowest BCUT2D eigenvalue weighted by atomic mass is 10.2. The molecule has 0 aromatic heterocycles. The van der Waals surface area contributed by atoms with E-state index in [0.29, 0.717) is 6.61 Å². The summed E-state index contributed by atoms with van der Waals surface area (Å²) in [6, 6.07) is 0. The van der Waals surface area contributed by atoms with Crippen LogP contribution in [0.4, 0.5) is 0 Å². The molecule has 0 unspecified atom stereocenters. The number of hydrogen-bond donors (Lipinski definition) is 0. The maximum Gasteiger partial charge on any atom is 0.334 e. The molecule has 1 heterocycles. The fourth-order valence-electron chi connectivity index (χ4n) is 1.45. The van der Waals surface area contributed by atoms with Crippen LogP contribution in [0.25, 0.3) is 0 Å². The Morgan fingerprint density at radius 1 is 1.33 bits per heavy atom. The second-order valence-corrected chi connectivity index (χ2v) is 2.51. The molecular formula is C7H8O2. The van der Waals surface area contributed by atoms with Crippen molar-refractivity contribution >= 4 is 5.97 Å². The van der Waals surface area contributed by atoms with Crippen molar-refractivity contribution in [1.82, 2.24) is 0 Å². The van der Waals surface area contributed by atoms with Gasteiger partial charge in [-0.25, -0.2) is 4.79 Å². The van der Waals surface area contributed by atoms with Crippen molar-refractivity contribution in [2.75, 3.05) is 6.61 Å². The molecule has 2 rings (SSSR count). The second-order valence-electron chi connectivity index (χ2n) is 2.51. The summed E-state index contributed by atoms with van der Waals surface area (Å²) >= 11 is 0. The average Bonchev–Trinajstić information content (AvgIpc) is 2.35. The van der Waals surface area contributed by atoms with Gasteiger partial charge in [0.15, 0.2) is 0 Å². The number of cyclic esters (lactones) is 1. The van der Waals surface area contributed by atoms with Crippen molar-refractivity contribution in [2.45, 2.75) is 19.3 Å². The summed E-state index contributed by atoms with van der Waals surface area (Å²) in [6.45, 7) is 0.578. The first kappa shape index (κ1) is 5.03. The molecule has 0 aromatic rings. The Bertz CT molecular complexity index is 191. The van der Waals surface area contributed by atoms with Gasteiger partial charge in [0.2, 0.25) is 0 Å². The Morgan fingerprint density at radius 2 is 2.22 bits per heavy atom. The Kier molecular flexibility index (Phi) is 0.891. The molecule has 0 saturated carbocycles. The minimum Gasteiger partial charge on any atom is -0.458 e. The monoisotopic (exact) mass is 124 g/mol. The molecule has 1 aliphatic carbocycles. The van der Waals surface area contributed by atoms with Gasteiger partial charge in [0.05, 0.1) is 0 Å². The molecule has 0 fully saturated rings. The van der Waals surface area contributed by atoms with E-state index in [4.69, 9.17) is 4.74 Å². The summed E-state index contributed by atoms with van der Waals surface area (Å²) in [5.74, 6) is -0.0671. The maximum atomic E-state index is 10.8. The van der Waals surface area contributed by atoms with Gasteiger partial charge < -0.3 is 4.74 Å². The quantitative estimate of drug-likeness (QED) is 0.451. The average molecular weight is 124 g/mol. The van der Waals surface area contributed by atoms with E-state index in [9.17, 15) is 4.79 Å². The first-order valence-corrected chi connectivity index (χ1v) is 3.26. The van der Waals surface area contributed by atoms with Crippen LogP contribution in [0.3, 0.4) is 0 Å². The molecule has 0 saturated heterocycles. The largest absolute Gasteiger partial charge is 0.458 e. The van der Waals surface area contributed by atoms with Crippen LogP contribution >= 0.6 is 0 Å². The third-order valence-electron chi connectivity index (χ3n) is 1.96. The molecule has 48 valence electrons. The number of hydrogen-bond acceptors (Lipinski definition) is 2. The highest BCUT2D eigenvalue weighted by atomic mass is 16.5. The molecule has 1 aliphatic heterocycles. The van der Waals surface area contributed by atoms with Gasteiger partial charge in [-0.1, -0.05) is 0 Å². The van der Waals surface area contributed by atoms with Gasteiger partial charge in [-0.05, 0) is 24.8 Å². The summed E-state index contributed by atoms with van der Waals surface area (Å²) in [4.78, 5) is 10.8. The molecule has 0 spiro atoms. The van der Waals surface area contributed by atoms with E-state index < -0.39 is 0 Å². The standard InChI is InChI=1S/C7H8O2/c8-7-6-3-1-2-5(6)4-9-7/h1-4H2. The lowest BCUT2D eigenvalue weighted by molar-refractivity contribution is -0.136. The molecule has 0 bridgehead atoms. The Balaban J connectivity index is 2.34. The number of ether oxygens (including phenoxy) is 1. The molecule has 9 heavy (non-hydrogen) atoms. The van der Waals surface area contributed by atoms with Gasteiger partial charge in [-0.3, -0.25) is 0 Å². The van der Waals surface area contributed by atoms with E-state index in [0.717, 1.165) is 24.8 Å². The number of esters is 1. The van der Waals surface area contributed by atoms with Gasteiger partial charge >= 0.3 is 5.97 Å². The summed E-state index contributed by atoms with van der Waals surface area (Å²) in [7, 11) is 0. The zero-order chi connectivity index (χ0) is 6.27. The van der Waals surface area contributed by atoms with E-state index in [2.05, 4.69) is 0 Å². The lowest BCUT2D eigenvalue weighted by Gasteiger charge is -1.94. The zero-order valence-corrected chi connectivity index (χ0v) is 5.14. The van der Waals surface area contributed by atoms with Crippen LogP contribution in [-0.2, 0) is 9.53 Å². The van der Waals surface area contributed by atoms with Gasteiger partial charge in [0.1, 0.15) is 6.61 Å². The van der Waals surface area contributed by atoms with Crippen LogP contribution in [0, 0.1) is 0 Å². The Hall–Kier alpha value is -0.790. The van der Waals surface area contributed by atoms with Crippen molar-refractivity contribution in [2.24, 2.45) is 0 Å². The van der Waals surface area contributed by atoms with E-state index in [1.165, 1.54) is 5.57 Å². The predicted octanol–water partition coefficient (Wildman–Crippen LogP) is 1.02. The highest BCUT2D eigenvalue weighted by molar-refractivity contribution is 5.92. The van der Waals surface area contributed by atoms with Crippen molar-refractivity contribution in [3.63, 3.8) is 0 Å². The van der Waals surface area contributed by atoms with Crippen molar-refractivity contribution < 1.29 is 9.53 Å². The van der Waals surface area contributed by atoms with Gasteiger partial charge in [0, 0.05) is 5.57 Å². The molecule has 2 heteroatoms. The number of carbonyl (C=O) groups excluding carboxylic acids is 1.